The molecule has 141 heavy (non-hydrogen) atoms. The summed E-state index contributed by atoms with van der Waals surface area (Å²) in [7, 11) is 11.0. The van der Waals surface area contributed by atoms with Crippen LogP contribution in [0.3, 0.4) is 0 Å². The van der Waals surface area contributed by atoms with Crippen molar-refractivity contribution in [1.82, 2.24) is 47.1 Å². The van der Waals surface area contributed by atoms with E-state index in [-0.39, 0.29) is 0 Å². The highest BCUT2D eigenvalue weighted by Gasteiger charge is 2.36. The third kappa shape index (κ3) is 13.7. The minimum absolute atomic E-state index is 0.653. The molecule has 0 spiro atoms. The fourth-order valence-corrected chi connectivity index (χ4v) is 27.0. The predicted molar refractivity (Wildman–Crippen MR) is 579 cm³/mol. The normalized spacial score (nSPS) is 15.6. The number of nitrogens with zero attached hydrogens (tertiary/aromatic N) is 15. The number of para-hydroxylation sites is 9. The molecule has 15 heterocycles. The number of rotatable bonds is 5. The third-order valence-corrected chi connectivity index (χ3v) is 33.9. The fraction of sp³-hybridized carbons (Fsp3) is 0.286. The van der Waals surface area contributed by atoms with Crippen LogP contribution in [0.5, 0.6) is 0 Å². The Hall–Kier alpha value is -14.7. The van der Waals surface area contributed by atoms with E-state index < -0.39 is 0 Å². The number of hydrogen-bond acceptors (Lipinski definition) is 5. The highest BCUT2D eigenvalue weighted by molar-refractivity contribution is 6.17. The average molecular weight is 1850 g/mol. The van der Waals surface area contributed by atoms with Crippen LogP contribution < -0.4 is 22.7 Å². The van der Waals surface area contributed by atoms with Gasteiger partial charge in [-0.05, 0) is 312 Å². The van der Waals surface area contributed by atoms with Crippen LogP contribution >= 0.6 is 0 Å². The zero-order chi connectivity index (χ0) is 94.8. The maximum Gasteiger partial charge on any atom is 0.297 e. The third-order valence-electron chi connectivity index (χ3n) is 33.9. The summed E-state index contributed by atoms with van der Waals surface area (Å²) in [5, 5.41) is 12.5. The van der Waals surface area contributed by atoms with Gasteiger partial charge in [0.1, 0.15) is 27.6 Å². The molecule has 10 aromatic carbocycles. The minimum Gasteiger partial charge on any atom is -0.255 e. The quantitative estimate of drug-likeness (QED) is 0.126. The lowest BCUT2D eigenvalue weighted by molar-refractivity contribution is -0.617. The van der Waals surface area contributed by atoms with Crippen molar-refractivity contribution in [3.8, 4) is 0 Å². The molecular formula is C126H122N15+5. The van der Waals surface area contributed by atoms with E-state index in [1.165, 1.54) is 355 Å². The average Bonchev–Trinajstić information content (AvgIpc) is 1.57. The van der Waals surface area contributed by atoms with Gasteiger partial charge in [0.2, 0.25) is 0 Å². The molecule has 15 aromatic heterocycles. The Morgan fingerprint density at radius 3 is 1.06 bits per heavy atom. The van der Waals surface area contributed by atoms with Crippen LogP contribution in [0.1, 0.15) is 220 Å². The Balaban J connectivity index is 0.0000000905. The zero-order valence-electron chi connectivity index (χ0n) is 82.9. The van der Waals surface area contributed by atoms with Crippen molar-refractivity contribution in [2.45, 2.75) is 199 Å². The molecule has 30 rings (SSSR count). The van der Waals surface area contributed by atoms with Gasteiger partial charge in [0, 0.05) is 69.0 Å². The van der Waals surface area contributed by atoms with Gasteiger partial charge >= 0.3 is 0 Å². The fourth-order valence-electron chi connectivity index (χ4n) is 27.0. The molecule has 0 bridgehead atoms. The maximum atomic E-state index is 4.89. The summed E-state index contributed by atoms with van der Waals surface area (Å²) in [5.74, 6) is 3.47. The molecule has 5 saturated carbocycles. The van der Waals surface area contributed by atoms with Crippen LogP contribution in [0.2, 0.25) is 0 Å². The Bertz CT molecular complexity index is 9410. The number of pyridine rings is 10. The summed E-state index contributed by atoms with van der Waals surface area (Å²) >= 11 is 0. The highest BCUT2D eigenvalue weighted by Crippen LogP contribution is 2.47. The van der Waals surface area contributed by atoms with Gasteiger partial charge in [-0.2, -0.15) is 22.0 Å². The lowest BCUT2D eigenvalue weighted by Gasteiger charge is -2.22. The SMILES string of the molecule is Cc1ccnc2c3cc(C4CCCCC4)ccc3n3c4ccccc4[n+](C)c3c12.Cc1ccnc2c3cccc(C4CCCC4)c3n3c4ccccc4[n+](C)c3c12.Cc1ccnc2c3ccccc3[n+]3c4ccc(C5CCCC5)cc4n(C)c3c12.Cc1ccnc2c3ccccc3n3c4c(C5CCCC5)cccc4[n+](C)c3c12.Cc1ccnc2c3ccccc3n3c4cc(C5CCCC5)ccc4[n+](C)c3c12. The number of imidazole rings is 5. The smallest absolute Gasteiger partial charge is 0.255 e. The van der Waals surface area contributed by atoms with Gasteiger partial charge in [0.05, 0.1) is 89.8 Å². The number of fused-ring (bicyclic) bond motifs is 40. The van der Waals surface area contributed by atoms with E-state index in [9.17, 15) is 0 Å². The number of hydrogen-bond donors (Lipinski definition) is 0. The van der Waals surface area contributed by atoms with Gasteiger partial charge in [-0.3, -0.25) is 24.9 Å². The molecule has 0 aliphatic heterocycles. The van der Waals surface area contributed by atoms with Gasteiger partial charge in [-0.25, -0.2) is 22.8 Å². The van der Waals surface area contributed by atoms with Crippen molar-refractivity contribution in [3.05, 3.63) is 329 Å². The molecule has 15 nitrogen and oxygen atoms in total. The summed E-state index contributed by atoms with van der Waals surface area (Å²) in [6.45, 7) is 11.0. The predicted octanol–water partition coefficient (Wildman–Crippen LogP) is 28.3. The van der Waals surface area contributed by atoms with Gasteiger partial charge < -0.3 is 0 Å². The van der Waals surface area contributed by atoms with Gasteiger partial charge in [0.15, 0.2) is 55.2 Å². The Morgan fingerprint density at radius 1 is 0.234 bits per heavy atom. The van der Waals surface area contributed by atoms with Crippen LogP contribution in [0.25, 0.3) is 192 Å². The largest absolute Gasteiger partial charge is 0.297 e. The van der Waals surface area contributed by atoms with E-state index in [0.29, 0.717) is 17.8 Å². The highest BCUT2D eigenvalue weighted by atomic mass is 15.2. The first-order valence-corrected chi connectivity index (χ1v) is 52.2. The van der Waals surface area contributed by atoms with E-state index >= 15 is 0 Å². The maximum absolute atomic E-state index is 4.89. The second kappa shape index (κ2) is 34.7. The molecule has 15 heteroatoms. The van der Waals surface area contributed by atoms with Crippen molar-refractivity contribution in [2.75, 3.05) is 0 Å². The number of aryl methyl sites for hydroxylation is 10. The van der Waals surface area contributed by atoms with Crippen LogP contribution in [-0.2, 0) is 35.2 Å². The second-order valence-corrected chi connectivity index (χ2v) is 41.9. The first kappa shape index (κ1) is 86.6. The molecule has 5 fully saturated rings. The van der Waals surface area contributed by atoms with Crippen LogP contribution in [0.15, 0.2) is 274 Å². The standard InChI is InChI=1S/C26H26N3.4C25H24N3/c1-17-14-15-27-25-20-16-19(18-8-4-3-5-9-18)12-13-21(20)29-23-11-7-6-10-22(23)28(2)26(29)24(17)25;1-16-14-15-26-23-19-11-7-10-18(17-8-3-4-9-17)24(19)28-21-13-6-5-12-20(21)27(2)25(28)22(16)23;1-16-14-15-26-23-19-10-5-6-12-20(19)28-24-18(17-8-3-4-9-17)11-7-13-21(24)27(2)25(28)22(16)23;1-16-13-14-26-24-19-9-5-6-10-20(19)28-21-12-11-18(17-7-3-4-8-17)15-22(21)27(2)25(28)23(16)24;1-16-13-14-26-24-19-9-5-6-10-20(19)28-22-15-18(17-7-3-4-8-17)11-12-21(22)27(2)25(28)23(16)24/h6-7,10-16,18H,3-5,8-9H2,1-2H3;2*5-7,10-15,17H,3-4,8-9H2,1-2H3;2*5-6,9-15,17H,3-4,7-8H2,1-2H3/q5*+1. The first-order chi connectivity index (χ1) is 69.2. The molecule has 0 saturated heterocycles. The Labute approximate surface area is 820 Å². The van der Waals surface area contributed by atoms with Gasteiger partial charge in [-0.1, -0.05) is 174 Å². The van der Waals surface area contributed by atoms with Crippen molar-refractivity contribution in [2.24, 2.45) is 35.2 Å². The van der Waals surface area contributed by atoms with E-state index in [4.69, 9.17) is 24.9 Å². The zero-order valence-corrected chi connectivity index (χ0v) is 82.9. The summed E-state index contributed by atoms with van der Waals surface area (Å²) in [6.07, 6.45) is 37.8. The lowest BCUT2D eigenvalue weighted by atomic mass is 9.83. The molecule has 5 aliphatic carbocycles. The molecule has 0 N–H and O–H groups in total. The van der Waals surface area contributed by atoms with Gasteiger partial charge in [0.25, 0.3) is 28.2 Å². The Morgan fingerprint density at radius 2 is 0.553 bits per heavy atom. The molecule has 0 amide bonds. The molecule has 5 aliphatic rings. The molecule has 696 valence electrons. The van der Waals surface area contributed by atoms with Crippen LogP contribution in [0, 0.1) is 34.6 Å². The van der Waals surface area contributed by atoms with Crippen LogP contribution in [-0.4, -0.2) is 47.1 Å². The van der Waals surface area contributed by atoms with Gasteiger partial charge in [-0.15, -0.1) is 0 Å². The summed E-state index contributed by atoms with van der Waals surface area (Å²) < 4.78 is 24.1. The topological polar surface area (TPSA) is 107 Å². The Kier molecular flexibility index (Phi) is 21.3. The monoisotopic (exact) mass is 1840 g/mol. The molecule has 25 aromatic rings. The molecule has 0 atom stereocenters. The van der Waals surface area contributed by atoms with E-state index in [2.05, 4.69) is 357 Å². The molecule has 0 unspecified atom stereocenters. The minimum atomic E-state index is 0.653. The van der Waals surface area contributed by atoms with Crippen molar-refractivity contribution >= 4 is 192 Å². The van der Waals surface area contributed by atoms with E-state index in [1.54, 1.807) is 0 Å². The summed E-state index contributed by atoms with van der Waals surface area (Å²) in [5.41, 5.74) is 44.8. The molecule has 0 radical (unpaired) electrons. The van der Waals surface area contributed by atoms with E-state index in [1.807, 2.05) is 31.0 Å². The lowest BCUT2D eigenvalue weighted by Crippen LogP contribution is -2.27. The molecular weight excluding hydrogens is 1720 g/mol. The second-order valence-electron chi connectivity index (χ2n) is 41.9. The van der Waals surface area contributed by atoms with Crippen molar-refractivity contribution < 1.29 is 22.7 Å². The van der Waals surface area contributed by atoms with Crippen molar-refractivity contribution in [3.63, 3.8) is 0 Å². The van der Waals surface area contributed by atoms with Crippen LogP contribution in [0.4, 0.5) is 0 Å². The van der Waals surface area contributed by atoms with Crippen molar-refractivity contribution in [1.29, 1.82) is 0 Å². The number of benzene rings is 10. The van der Waals surface area contributed by atoms with E-state index in [0.717, 1.165) is 39.4 Å². The number of aromatic nitrogens is 15. The first-order valence-electron chi connectivity index (χ1n) is 52.2. The summed E-state index contributed by atoms with van der Waals surface area (Å²) in [4.78, 5) is 24.1. The summed E-state index contributed by atoms with van der Waals surface area (Å²) in [6, 6.07) is 89.3.